The van der Waals surface area contributed by atoms with E-state index in [0.29, 0.717) is 12.1 Å². The van der Waals surface area contributed by atoms with Gasteiger partial charge in [-0.1, -0.05) is 29.8 Å². The van der Waals surface area contributed by atoms with Crippen LogP contribution in [-0.2, 0) is 13.6 Å². The topological polar surface area (TPSA) is 77.6 Å². The minimum absolute atomic E-state index is 0.160. The second-order valence-corrected chi connectivity index (χ2v) is 7.63. The summed E-state index contributed by atoms with van der Waals surface area (Å²) in [6.07, 6.45) is 1.87. The minimum Gasteiger partial charge on any atom is -0.344 e. The fraction of sp³-hybridized carbons (Fsp3) is 0.304. The highest BCUT2D eigenvalue weighted by Gasteiger charge is 2.21. The molecule has 0 spiro atoms. The molecule has 4 aromatic rings. The predicted octanol–water partition coefficient (Wildman–Crippen LogP) is 3.96. The van der Waals surface area contributed by atoms with Gasteiger partial charge in [0.25, 0.3) is 5.91 Å². The Hall–Kier alpha value is -3.48. The van der Waals surface area contributed by atoms with Gasteiger partial charge < -0.3 is 5.32 Å². The van der Waals surface area contributed by atoms with Crippen LogP contribution in [0.5, 0.6) is 0 Å². The van der Waals surface area contributed by atoms with Gasteiger partial charge in [0.1, 0.15) is 0 Å². The predicted molar refractivity (Wildman–Crippen MR) is 117 cm³/mol. The average Bonchev–Trinajstić information content (AvgIpc) is 3.31. The van der Waals surface area contributed by atoms with Crippen molar-refractivity contribution in [2.24, 2.45) is 7.05 Å². The standard InChI is InChI=1S/C23H26N6O/c1-6-29-22-21(16(4)26-29)18(13-20(25-22)17-9-7-14(2)8-10-17)23(30)24-15(3)19-11-12-28(5)27-19/h7-13,15H,6H2,1-5H3,(H,24,30). The second kappa shape index (κ2) is 7.74. The third-order valence-electron chi connectivity index (χ3n) is 5.29. The SMILES string of the molecule is CCn1nc(C)c2c(C(=O)NC(C)c3ccn(C)n3)cc(-c3ccc(C)cc3)nc21. The number of carbonyl (C=O) groups is 1. The van der Waals surface area contributed by atoms with Gasteiger partial charge in [0.2, 0.25) is 0 Å². The first kappa shape index (κ1) is 19.8. The summed E-state index contributed by atoms with van der Waals surface area (Å²) in [6.45, 7) is 8.60. The van der Waals surface area contributed by atoms with Gasteiger partial charge in [0, 0.05) is 25.4 Å². The first-order valence-corrected chi connectivity index (χ1v) is 10.1. The number of benzene rings is 1. The molecule has 0 fully saturated rings. The fourth-order valence-corrected chi connectivity index (χ4v) is 3.64. The van der Waals surface area contributed by atoms with Crippen LogP contribution in [0, 0.1) is 13.8 Å². The van der Waals surface area contributed by atoms with Crippen LogP contribution in [0.3, 0.4) is 0 Å². The molecular formula is C23H26N6O. The molecule has 3 heterocycles. The Morgan fingerprint density at radius 3 is 2.50 bits per heavy atom. The number of hydrogen-bond acceptors (Lipinski definition) is 4. The number of fused-ring (bicyclic) bond motifs is 1. The number of aryl methyl sites for hydroxylation is 4. The van der Waals surface area contributed by atoms with Crippen LogP contribution in [0.1, 0.15) is 47.2 Å². The lowest BCUT2D eigenvalue weighted by atomic mass is 10.0. The number of pyridine rings is 1. The van der Waals surface area contributed by atoms with Gasteiger partial charge >= 0.3 is 0 Å². The number of nitrogens with one attached hydrogen (secondary N) is 1. The molecular weight excluding hydrogens is 376 g/mol. The van der Waals surface area contributed by atoms with E-state index in [1.54, 1.807) is 4.68 Å². The summed E-state index contributed by atoms with van der Waals surface area (Å²) >= 11 is 0. The number of aromatic nitrogens is 5. The Morgan fingerprint density at radius 1 is 1.13 bits per heavy atom. The first-order valence-electron chi connectivity index (χ1n) is 10.1. The lowest BCUT2D eigenvalue weighted by Crippen LogP contribution is -2.27. The summed E-state index contributed by atoms with van der Waals surface area (Å²) in [7, 11) is 1.86. The van der Waals surface area contributed by atoms with Crippen LogP contribution >= 0.6 is 0 Å². The summed E-state index contributed by atoms with van der Waals surface area (Å²) in [5.74, 6) is -0.160. The van der Waals surface area contributed by atoms with Crippen molar-refractivity contribution in [2.45, 2.75) is 40.3 Å². The highest BCUT2D eigenvalue weighted by Crippen LogP contribution is 2.28. The van der Waals surface area contributed by atoms with Crippen LogP contribution in [0.4, 0.5) is 0 Å². The van der Waals surface area contributed by atoms with Crippen LogP contribution in [0.15, 0.2) is 42.6 Å². The summed E-state index contributed by atoms with van der Waals surface area (Å²) in [5, 5.41) is 12.9. The molecule has 0 saturated heterocycles. The van der Waals surface area contributed by atoms with Gasteiger partial charge in [-0.05, 0) is 39.8 Å². The highest BCUT2D eigenvalue weighted by molar-refractivity contribution is 6.07. The van der Waals surface area contributed by atoms with Crippen molar-refractivity contribution in [3.8, 4) is 11.3 Å². The molecule has 1 unspecified atom stereocenters. The minimum atomic E-state index is -0.216. The van der Waals surface area contributed by atoms with Crippen LogP contribution in [0.2, 0.25) is 0 Å². The van der Waals surface area contributed by atoms with Crippen LogP contribution in [-0.4, -0.2) is 30.5 Å². The van der Waals surface area contributed by atoms with E-state index in [-0.39, 0.29) is 11.9 Å². The number of hydrogen-bond donors (Lipinski definition) is 1. The molecule has 4 rings (SSSR count). The molecule has 30 heavy (non-hydrogen) atoms. The van der Waals surface area contributed by atoms with Crippen molar-refractivity contribution in [2.75, 3.05) is 0 Å². The Balaban J connectivity index is 1.81. The molecule has 0 aliphatic carbocycles. The Bertz CT molecular complexity index is 1220. The summed E-state index contributed by atoms with van der Waals surface area (Å²) in [4.78, 5) is 18.2. The first-order chi connectivity index (χ1) is 14.4. The van der Waals surface area contributed by atoms with Crippen LogP contribution < -0.4 is 5.32 Å². The number of carbonyl (C=O) groups excluding carboxylic acids is 1. The number of rotatable bonds is 5. The van der Waals surface area contributed by atoms with Gasteiger partial charge in [0.15, 0.2) is 5.65 Å². The molecule has 1 aromatic carbocycles. The molecule has 1 atom stereocenters. The van der Waals surface area contributed by atoms with Crippen molar-refractivity contribution in [1.29, 1.82) is 0 Å². The highest BCUT2D eigenvalue weighted by atomic mass is 16.1. The van der Waals surface area contributed by atoms with Gasteiger partial charge in [-0.2, -0.15) is 10.2 Å². The van der Waals surface area contributed by atoms with E-state index in [2.05, 4.69) is 15.5 Å². The summed E-state index contributed by atoms with van der Waals surface area (Å²) in [5.41, 5.74) is 5.82. The fourth-order valence-electron chi connectivity index (χ4n) is 3.64. The van der Waals surface area contributed by atoms with Gasteiger partial charge in [0.05, 0.1) is 34.1 Å². The van der Waals surface area contributed by atoms with Gasteiger partial charge in [-0.3, -0.25) is 9.48 Å². The van der Waals surface area contributed by atoms with E-state index >= 15 is 0 Å². The zero-order chi connectivity index (χ0) is 21.4. The maximum atomic E-state index is 13.3. The third-order valence-corrected chi connectivity index (χ3v) is 5.29. The normalized spacial score (nSPS) is 12.3. The Labute approximate surface area is 175 Å². The molecule has 0 bridgehead atoms. The molecule has 0 aliphatic rings. The van der Waals surface area contributed by atoms with Crippen molar-refractivity contribution in [3.63, 3.8) is 0 Å². The van der Waals surface area contributed by atoms with Gasteiger partial charge in [-0.15, -0.1) is 0 Å². The second-order valence-electron chi connectivity index (χ2n) is 7.63. The molecule has 0 saturated carbocycles. The monoisotopic (exact) mass is 402 g/mol. The molecule has 154 valence electrons. The lowest BCUT2D eigenvalue weighted by molar-refractivity contribution is 0.0940. The maximum Gasteiger partial charge on any atom is 0.252 e. The zero-order valence-electron chi connectivity index (χ0n) is 18.0. The van der Waals surface area contributed by atoms with Crippen molar-refractivity contribution >= 4 is 16.9 Å². The van der Waals surface area contributed by atoms with E-state index in [0.717, 1.165) is 33.7 Å². The third kappa shape index (κ3) is 3.58. The Morgan fingerprint density at radius 2 is 1.87 bits per heavy atom. The molecule has 1 N–H and O–H groups in total. The smallest absolute Gasteiger partial charge is 0.252 e. The van der Waals surface area contributed by atoms with E-state index in [9.17, 15) is 4.79 Å². The van der Waals surface area contributed by atoms with Crippen LogP contribution in [0.25, 0.3) is 22.3 Å². The molecule has 7 nitrogen and oxygen atoms in total. The molecule has 0 radical (unpaired) electrons. The number of amides is 1. The molecule has 1 amide bonds. The van der Waals surface area contributed by atoms with E-state index in [1.165, 1.54) is 5.56 Å². The maximum absolute atomic E-state index is 13.3. The molecule has 7 heteroatoms. The van der Waals surface area contributed by atoms with Gasteiger partial charge in [-0.25, -0.2) is 9.67 Å². The molecule has 3 aromatic heterocycles. The summed E-state index contributed by atoms with van der Waals surface area (Å²) < 4.78 is 3.58. The Kier molecular flexibility index (Phi) is 5.11. The molecule has 0 aliphatic heterocycles. The van der Waals surface area contributed by atoms with Crippen molar-refractivity contribution in [1.82, 2.24) is 29.9 Å². The summed E-state index contributed by atoms with van der Waals surface area (Å²) in [6, 6.07) is 11.7. The quantitative estimate of drug-likeness (QED) is 0.548. The zero-order valence-corrected chi connectivity index (χ0v) is 18.0. The van der Waals surface area contributed by atoms with E-state index in [4.69, 9.17) is 4.98 Å². The van der Waals surface area contributed by atoms with E-state index < -0.39 is 0 Å². The number of nitrogens with zero attached hydrogens (tertiary/aromatic N) is 5. The largest absolute Gasteiger partial charge is 0.344 e. The average molecular weight is 403 g/mol. The van der Waals surface area contributed by atoms with Crippen molar-refractivity contribution in [3.05, 3.63) is 65.1 Å². The van der Waals surface area contributed by atoms with Crippen molar-refractivity contribution < 1.29 is 4.79 Å². The van der Waals surface area contributed by atoms with E-state index in [1.807, 2.05) is 82.0 Å². The lowest BCUT2D eigenvalue weighted by Gasteiger charge is -2.14.